The van der Waals surface area contributed by atoms with Crippen LogP contribution in [-0.4, -0.2) is 38.1 Å². The van der Waals surface area contributed by atoms with E-state index in [1.807, 2.05) is 4.90 Å². The van der Waals surface area contributed by atoms with E-state index in [9.17, 15) is 18.3 Å². The van der Waals surface area contributed by atoms with Crippen molar-refractivity contribution in [2.24, 2.45) is 0 Å². The summed E-state index contributed by atoms with van der Waals surface area (Å²) in [4.78, 5) is 17.3. The predicted octanol–water partition coefficient (Wildman–Crippen LogP) is 3.13. The maximum absolute atomic E-state index is 12.7. The number of aromatic nitrogens is 1. The van der Waals surface area contributed by atoms with Gasteiger partial charge in [-0.2, -0.15) is 0 Å². The minimum absolute atomic E-state index is 0.0837. The molecule has 0 aliphatic carbocycles. The second kappa shape index (κ2) is 8.18. The number of rotatable bonds is 8. The fraction of sp³-hybridized carbons (Fsp3) is 0.333. The van der Waals surface area contributed by atoms with Gasteiger partial charge in [0.1, 0.15) is 0 Å². The van der Waals surface area contributed by atoms with E-state index >= 15 is 0 Å². The van der Waals surface area contributed by atoms with Crippen molar-refractivity contribution in [1.82, 2.24) is 4.98 Å². The van der Waals surface area contributed by atoms with E-state index < -0.39 is 16.0 Å². The molecule has 0 fully saturated rings. The highest BCUT2D eigenvalue weighted by molar-refractivity contribution is 7.92. The lowest BCUT2D eigenvalue weighted by Crippen LogP contribution is -2.23. The van der Waals surface area contributed by atoms with E-state index in [1.54, 1.807) is 32.2 Å². The second-order valence-electron chi connectivity index (χ2n) is 6.10. The number of carboxylic acid groups (broad SMARTS) is 1. The van der Waals surface area contributed by atoms with Crippen LogP contribution in [0.1, 0.15) is 35.7 Å². The number of anilines is 2. The summed E-state index contributed by atoms with van der Waals surface area (Å²) in [7, 11) is -2.07. The number of pyridine rings is 1. The Hall–Kier alpha value is -2.61. The third-order valence-corrected chi connectivity index (χ3v) is 5.23. The van der Waals surface area contributed by atoms with E-state index in [4.69, 9.17) is 0 Å². The Morgan fingerprint density at radius 2 is 2.04 bits per heavy atom. The minimum atomic E-state index is -3.86. The summed E-state index contributed by atoms with van der Waals surface area (Å²) in [6.45, 7) is 4.53. The van der Waals surface area contributed by atoms with Crippen LogP contribution in [0.4, 0.5) is 11.5 Å². The van der Waals surface area contributed by atoms with Gasteiger partial charge < -0.3 is 10.0 Å². The average Bonchev–Trinajstić information content (AvgIpc) is 2.59. The molecular weight excluding hydrogens is 354 g/mol. The Labute approximate surface area is 153 Å². The van der Waals surface area contributed by atoms with Crippen LogP contribution < -0.4 is 9.62 Å². The lowest BCUT2D eigenvalue weighted by atomic mass is 10.2. The number of aromatic carboxylic acids is 1. The number of carboxylic acids is 1. The molecule has 2 rings (SSSR count). The first-order valence-electron chi connectivity index (χ1n) is 8.28. The summed E-state index contributed by atoms with van der Waals surface area (Å²) in [6.07, 6.45) is 3.11. The summed E-state index contributed by atoms with van der Waals surface area (Å²) in [5, 5.41) is 9.20. The molecular formula is C18H23N3O4S. The number of hydrogen-bond acceptors (Lipinski definition) is 5. The molecule has 1 heterocycles. The van der Waals surface area contributed by atoms with Crippen molar-refractivity contribution in [2.75, 3.05) is 23.2 Å². The highest BCUT2D eigenvalue weighted by atomic mass is 32.2. The zero-order valence-corrected chi connectivity index (χ0v) is 15.9. The molecule has 26 heavy (non-hydrogen) atoms. The van der Waals surface area contributed by atoms with Crippen molar-refractivity contribution in [3.05, 3.63) is 47.7 Å². The molecule has 0 saturated carbocycles. The van der Waals surface area contributed by atoms with Crippen LogP contribution in [0.25, 0.3) is 0 Å². The normalized spacial score (nSPS) is 11.2. The molecule has 7 nitrogen and oxygen atoms in total. The molecule has 0 bridgehead atoms. The molecule has 0 unspecified atom stereocenters. The molecule has 1 aromatic carbocycles. The lowest BCUT2D eigenvalue weighted by Gasteiger charge is -2.22. The Bertz CT molecular complexity index is 897. The third-order valence-electron chi connectivity index (χ3n) is 3.87. The van der Waals surface area contributed by atoms with Gasteiger partial charge in [-0.25, -0.2) is 18.2 Å². The molecule has 8 heteroatoms. The fourth-order valence-electron chi connectivity index (χ4n) is 2.44. The van der Waals surface area contributed by atoms with Crippen LogP contribution in [0.2, 0.25) is 0 Å². The first-order chi connectivity index (χ1) is 12.2. The van der Waals surface area contributed by atoms with Crippen molar-refractivity contribution in [3.63, 3.8) is 0 Å². The van der Waals surface area contributed by atoms with Gasteiger partial charge in [0.2, 0.25) is 0 Å². The molecule has 0 amide bonds. The molecule has 2 aromatic rings. The van der Waals surface area contributed by atoms with Crippen molar-refractivity contribution in [2.45, 2.75) is 31.6 Å². The number of nitrogens with one attached hydrogen (secondary N) is 1. The molecule has 2 N–H and O–H groups in total. The van der Waals surface area contributed by atoms with E-state index in [2.05, 4.69) is 16.6 Å². The topological polar surface area (TPSA) is 99.6 Å². The van der Waals surface area contributed by atoms with Crippen LogP contribution in [0, 0.1) is 6.92 Å². The van der Waals surface area contributed by atoms with E-state index in [-0.39, 0.29) is 16.1 Å². The number of benzene rings is 1. The third kappa shape index (κ3) is 4.72. The van der Waals surface area contributed by atoms with Crippen LogP contribution in [0.15, 0.2) is 41.4 Å². The monoisotopic (exact) mass is 377 g/mol. The highest BCUT2D eigenvalue weighted by Crippen LogP contribution is 2.27. The molecule has 140 valence electrons. The van der Waals surface area contributed by atoms with Gasteiger partial charge in [0, 0.05) is 19.8 Å². The number of unbranched alkanes of at least 4 members (excludes halogenated alkanes) is 1. The highest BCUT2D eigenvalue weighted by Gasteiger charge is 2.20. The van der Waals surface area contributed by atoms with E-state index in [0.717, 1.165) is 18.4 Å². The molecule has 1 aromatic heterocycles. The maximum Gasteiger partial charge on any atom is 0.337 e. The predicted molar refractivity (Wildman–Crippen MR) is 101 cm³/mol. The molecule has 0 aliphatic heterocycles. The Balaban J connectivity index is 2.44. The Morgan fingerprint density at radius 3 is 2.65 bits per heavy atom. The second-order valence-corrected chi connectivity index (χ2v) is 7.78. The number of nitrogens with zero attached hydrogens (tertiary/aromatic N) is 2. The average molecular weight is 377 g/mol. The zero-order valence-electron chi connectivity index (χ0n) is 15.1. The van der Waals surface area contributed by atoms with Crippen LogP contribution in [0.3, 0.4) is 0 Å². The molecule has 0 spiro atoms. The molecule has 0 atom stereocenters. The van der Waals surface area contributed by atoms with E-state index in [0.29, 0.717) is 12.4 Å². The molecule has 0 aliphatic rings. The zero-order chi connectivity index (χ0) is 19.3. The largest absolute Gasteiger partial charge is 0.478 e. The number of aryl methyl sites for hydroxylation is 1. The summed E-state index contributed by atoms with van der Waals surface area (Å²) in [5.74, 6) is -0.782. The number of hydrogen-bond donors (Lipinski definition) is 2. The van der Waals surface area contributed by atoms with Gasteiger partial charge in [-0.3, -0.25) is 4.72 Å². The first kappa shape index (κ1) is 19.7. The molecule has 0 radical (unpaired) electrons. The standard InChI is InChI=1S/C18H23N3O4S/c1-4-5-9-21(3)17-16(11-14(12-19-17)18(22)23)20-26(24,25)15-8-6-7-13(2)10-15/h6-8,10-12,20H,4-5,9H2,1-3H3,(H,22,23). The van der Waals surface area contributed by atoms with Gasteiger partial charge in [0.05, 0.1) is 16.1 Å². The van der Waals surface area contributed by atoms with Crippen LogP contribution in [-0.2, 0) is 10.0 Å². The van der Waals surface area contributed by atoms with E-state index in [1.165, 1.54) is 18.3 Å². The minimum Gasteiger partial charge on any atom is -0.478 e. The summed E-state index contributed by atoms with van der Waals surface area (Å²) >= 11 is 0. The quantitative estimate of drug-likeness (QED) is 0.733. The van der Waals surface area contributed by atoms with Gasteiger partial charge >= 0.3 is 5.97 Å². The maximum atomic E-state index is 12.7. The number of sulfonamides is 1. The molecule has 0 saturated heterocycles. The SMILES string of the molecule is CCCCN(C)c1ncc(C(=O)O)cc1NS(=O)(=O)c1cccc(C)c1. The summed E-state index contributed by atoms with van der Waals surface area (Å²) < 4.78 is 27.9. The van der Waals surface area contributed by atoms with Crippen molar-refractivity contribution < 1.29 is 18.3 Å². The van der Waals surface area contributed by atoms with Gasteiger partial charge in [-0.15, -0.1) is 0 Å². The van der Waals surface area contributed by atoms with Gasteiger partial charge in [0.15, 0.2) is 5.82 Å². The van der Waals surface area contributed by atoms with Crippen LogP contribution >= 0.6 is 0 Å². The first-order valence-corrected chi connectivity index (χ1v) is 9.77. The van der Waals surface area contributed by atoms with Gasteiger partial charge in [-0.05, 0) is 37.1 Å². The Kier molecular flexibility index (Phi) is 6.20. The number of carbonyl (C=O) groups is 1. The summed E-state index contributed by atoms with van der Waals surface area (Å²) in [5.41, 5.74) is 0.871. The van der Waals surface area contributed by atoms with Crippen molar-refractivity contribution in [1.29, 1.82) is 0 Å². The smallest absolute Gasteiger partial charge is 0.337 e. The van der Waals surface area contributed by atoms with Crippen LogP contribution in [0.5, 0.6) is 0 Å². The van der Waals surface area contributed by atoms with Crippen molar-refractivity contribution >= 4 is 27.5 Å². The van der Waals surface area contributed by atoms with Gasteiger partial charge in [-0.1, -0.05) is 25.5 Å². The van der Waals surface area contributed by atoms with Gasteiger partial charge in [0.25, 0.3) is 10.0 Å². The van der Waals surface area contributed by atoms with Crippen molar-refractivity contribution in [3.8, 4) is 0 Å². The summed E-state index contributed by atoms with van der Waals surface area (Å²) in [6, 6.07) is 7.79. The fourth-order valence-corrected chi connectivity index (χ4v) is 3.60. The lowest BCUT2D eigenvalue weighted by molar-refractivity contribution is 0.0696. The Morgan fingerprint density at radius 1 is 1.31 bits per heavy atom.